The van der Waals surface area contributed by atoms with E-state index in [-0.39, 0.29) is 17.7 Å². The van der Waals surface area contributed by atoms with Crippen molar-refractivity contribution in [1.82, 2.24) is 10.3 Å². The van der Waals surface area contributed by atoms with Gasteiger partial charge in [-0.15, -0.1) is 0 Å². The predicted molar refractivity (Wildman–Crippen MR) is 81.2 cm³/mol. The quantitative estimate of drug-likeness (QED) is 0.857. The summed E-state index contributed by atoms with van der Waals surface area (Å²) in [5.41, 5.74) is 0. The highest BCUT2D eigenvalue weighted by atomic mass is 16.5. The number of aromatic nitrogens is 1. The van der Waals surface area contributed by atoms with Gasteiger partial charge >= 0.3 is 0 Å². The van der Waals surface area contributed by atoms with Gasteiger partial charge in [0.15, 0.2) is 0 Å². The minimum Gasteiger partial charge on any atom is -0.508 e. The molecule has 0 unspecified atom stereocenters. The largest absolute Gasteiger partial charge is 0.508 e. The second-order valence-corrected chi connectivity index (χ2v) is 4.84. The highest BCUT2D eigenvalue weighted by molar-refractivity contribution is 5.73. The number of benzene rings is 1. The fourth-order valence-corrected chi connectivity index (χ4v) is 1.76. The summed E-state index contributed by atoms with van der Waals surface area (Å²) in [4.78, 5) is 15.0. The molecule has 0 saturated heterocycles. The van der Waals surface area contributed by atoms with Gasteiger partial charge in [0, 0.05) is 13.0 Å². The summed E-state index contributed by atoms with van der Waals surface area (Å²) in [5.74, 6) is 1.69. The number of hydrogen-bond acceptors (Lipinski definition) is 5. The SMILES string of the molecule is CC(=O)N[C@@H](C)COc1ccc(Oc2ccc(O)cc2)nc1. The van der Waals surface area contributed by atoms with Crippen LogP contribution in [0.3, 0.4) is 0 Å². The molecule has 6 nitrogen and oxygen atoms in total. The van der Waals surface area contributed by atoms with Crippen molar-refractivity contribution in [3.63, 3.8) is 0 Å². The van der Waals surface area contributed by atoms with Gasteiger partial charge in [0.2, 0.25) is 11.8 Å². The number of amides is 1. The van der Waals surface area contributed by atoms with Gasteiger partial charge < -0.3 is 19.9 Å². The Labute approximate surface area is 128 Å². The summed E-state index contributed by atoms with van der Waals surface area (Å²) >= 11 is 0. The zero-order chi connectivity index (χ0) is 15.9. The maximum absolute atomic E-state index is 10.9. The zero-order valence-corrected chi connectivity index (χ0v) is 12.4. The molecule has 1 atom stereocenters. The maximum atomic E-state index is 10.9. The van der Waals surface area contributed by atoms with Crippen molar-refractivity contribution < 1.29 is 19.4 Å². The van der Waals surface area contributed by atoms with Crippen LogP contribution < -0.4 is 14.8 Å². The maximum Gasteiger partial charge on any atom is 0.219 e. The van der Waals surface area contributed by atoms with E-state index in [2.05, 4.69) is 10.3 Å². The molecule has 0 aliphatic heterocycles. The van der Waals surface area contributed by atoms with Gasteiger partial charge in [-0.3, -0.25) is 4.79 Å². The molecule has 6 heteroatoms. The average molecular weight is 302 g/mol. The number of phenolic OH excluding ortho intramolecular Hbond substituents is 1. The van der Waals surface area contributed by atoms with Crippen LogP contribution in [0.25, 0.3) is 0 Å². The second-order valence-electron chi connectivity index (χ2n) is 4.84. The number of nitrogens with one attached hydrogen (secondary N) is 1. The Kier molecular flexibility index (Phi) is 5.19. The van der Waals surface area contributed by atoms with Crippen LogP contribution in [0.5, 0.6) is 23.1 Å². The molecule has 1 heterocycles. The van der Waals surface area contributed by atoms with Gasteiger partial charge in [-0.2, -0.15) is 0 Å². The zero-order valence-electron chi connectivity index (χ0n) is 12.4. The van der Waals surface area contributed by atoms with E-state index < -0.39 is 0 Å². The Morgan fingerprint density at radius 1 is 1.23 bits per heavy atom. The summed E-state index contributed by atoms with van der Waals surface area (Å²) in [6.45, 7) is 3.68. The van der Waals surface area contributed by atoms with E-state index in [1.807, 2.05) is 6.92 Å². The van der Waals surface area contributed by atoms with Gasteiger partial charge in [0.25, 0.3) is 0 Å². The number of aromatic hydroxyl groups is 1. The van der Waals surface area contributed by atoms with Crippen LogP contribution in [0.1, 0.15) is 13.8 Å². The highest BCUT2D eigenvalue weighted by Gasteiger charge is 2.05. The molecule has 2 aromatic rings. The smallest absolute Gasteiger partial charge is 0.219 e. The van der Waals surface area contributed by atoms with E-state index in [4.69, 9.17) is 9.47 Å². The molecule has 22 heavy (non-hydrogen) atoms. The van der Waals surface area contributed by atoms with Gasteiger partial charge in [0.05, 0.1) is 12.2 Å². The van der Waals surface area contributed by atoms with E-state index in [1.54, 1.807) is 30.5 Å². The molecule has 2 N–H and O–H groups in total. The molecule has 2 rings (SSSR count). The summed E-state index contributed by atoms with van der Waals surface area (Å²) in [5, 5.41) is 11.9. The number of rotatable bonds is 6. The number of phenols is 1. The summed E-state index contributed by atoms with van der Waals surface area (Å²) < 4.78 is 11.1. The van der Waals surface area contributed by atoms with Crippen molar-refractivity contribution in [1.29, 1.82) is 0 Å². The molecular weight excluding hydrogens is 284 g/mol. The summed E-state index contributed by atoms with van der Waals surface area (Å²) in [6.07, 6.45) is 1.55. The van der Waals surface area contributed by atoms with E-state index in [0.717, 1.165) is 0 Å². The Bertz CT molecular complexity index is 611. The normalized spacial score (nSPS) is 11.5. The van der Waals surface area contributed by atoms with E-state index in [0.29, 0.717) is 24.0 Å². The Morgan fingerprint density at radius 2 is 1.91 bits per heavy atom. The first-order valence-corrected chi connectivity index (χ1v) is 6.86. The van der Waals surface area contributed by atoms with E-state index in [1.165, 1.54) is 19.1 Å². The van der Waals surface area contributed by atoms with Crippen LogP contribution in [0.15, 0.2) is 42.6 Å². The standard InChI is InChI=1S/C16H18N2O4/c1-11(18-12(2)19)10-21-15-7-8-16(17-9-15)22-14-5-3-13(20)4-6-14/h3-9,11,20H,10H2,1-2H3,(H,18,19)/t11-/m0/s1. The number of carbonyl (C=O) groups is 1. The van der Waals surface area contributed by atoms with Crippen molar-refractivity contribution in [2.24, 2.45) is 0 Å². The van der Waals surface area contributed by atoms with Crippen molar-refractivity contribution in [2.45, 2.75) is 19.9 Å². The molecule has 116 valence electrons. The lowest BCUT2D eigenvalue weighted by molar-refractivity contribution is -0.119. The van der Waals surface area contributed by atoms with Crippen molar-refractivity contribution in [2.75, 3.05) is 6.61 Å². The number of hydrogen-bond donors (Lipinski definition) is 2. The van der Waals surface area contributed by atoms with Crippen LogP contribution in [0.4, 0.5) is 0 Å². The van der Waals surface area contributed by atoms with Gasteiger partial charge in [0.1, 0.15) is 23.9 Å². The minimum atomic E-state index is -0.0909. The monoisotopic (exact) mass is 302 g/mol. The fourth-order valence-electron chi connectivity index (χ4n) is 1.76. The van der Waals surface area contributed by atoms with Crippen LogP contribution in [-0.4, -0.2) is 28.6 Å². The van der Waals surface area contributed by atoms with E-state index in [9.17, 15) is 9.90 Å². The lowest BCUT2D eigenvalue weighted by Crippen LogP contribution is -2.35. The molecule has 0 spiro atoms. The summed E-state index contributed by atoms with van der Waals surface area (Å²) in [6, 6.07) is 9.72. The Balaban J connectivity index is 1.87. The third kappa shape index (κ3) is 4.97. The van der Waals surface area contributed by atoms with Gasteiger partial charge in [-0.1, -0.05) is 0 Å². The number of pyridine rings is 1. The molecule has 1 amide bonds. The minimum absolute atomic E-state index is 0.0783. The first kappa shape index (κ1) is 15.6. The molecule has 0 saturated carbocycles. The number of nitrogens with zero attached hydrogens (tertiary/aromatic N) is 1. The Hall–Kier alpha value is -2.76. The topological polar surface area (TPSA) is 80.7 Å². The van der Waals surface area contributed by atoms with Crippen molar-refractivity contribution in [3.05, 3.63) is 42.6 Å². The molecular formula is C16H18N2O4. The first-order valence-electron chi connectivity index (χ1n) is 6.86. The molecule has 0 bridgehead atoms. The lowest BCUT2D eigenvalue weighted by atomic mass is 10.3. The number of ether oxygens (including phenoxy) is 2. The average Bonchev–Trinajstić information content (AvgIpc) is 2.48. The van der Waals surface area contributed by atoms with E-state index >= 15 is 0 Å². The third-order valence-electron chi connectivity index (χ3n) is 2.72. The van der Waals surface area contributed by atoms with Crippen LogP contribution in [-0.2, 0) is 4.79 Å². The molecule has 0 aliphatic carbocycles. The molecule has 1 aromatic carbocycles. The third-order valence-corrected chi connectivity index (χ3v) is 2.72. The molecule has 1 aromatic heterocycles. The summed E-state index contributed by atoms with van der Waals surface area (Å²) in [7, 11) is 0. The van der Waals surface area contributed by atoms with Crippen molar-refractivity contribution in [3.8, 4) is 23.1 Å². The predicted octanol–water partition coefficient (Wildman–Crippen LogP) is 2.48. The molecule has 0 fully saturated rings. The lowest BCUT2D eigenvalue weighted by Gasteiger charge is -2.13. The fraction of sp³-hybridized carbons (Fsp3) is 0.250. The van der Waals surface area contributed by atoms with Gasteiger partial charge in [-0.25, -0.2) is 4.98 Å². The van der Waals surface area contributed by atoms with Crippen molar-refractivity contribution >= 4 is 5.91 Å². The van der Waals surface area contributed by atoms with Crippen LogP contribution in [0, 0.1) is 0 Å². The number of carbonyl (C=O) groups excluding carboxylic acids is 1. The van der Waals surface area contributed by atoms with Gasteiger partial charge in [-0.05, 0) is 37.3 Å². The first-order chi connectivity index (χ1) is 10.5. The van der Waals surface area contributed by atoms with Crippen LogP contribution in [0.2, 0.25) is 0 Å². The molecule has 0 aliphatic rings. The van der Waals surface area contributed by atoms with Crippen LogP contribution >= 0.6 is 0 Å². The second kappa shape index (κ2) is 7.31. The highest BCUT2D eigenvalue weighted by Crippen LogP contribution is 2.23. The Morgan fingerprint density at radius 3 is 2.50 bits per heavy atom. The molecule has 0 radical (unpaired) electrons.